The van der Waals surface area contributed by atoms with E-state index in [4.69, 9.17) is 0 Å². The quantitative estimate of drug-likeness (QED) is 0.708. The van der Waals surface area contributed by atoms with Crippen LogP contribution in [-0.4, -0.2) is 31.7 Å². The molecule has 3 aromatic rings. The first-order valence-electron chi connectivity index (χ1n) is 7.89. The van der Waals surface area contributed by atoms with Gasteiger partial charge in [-0.25, -0.2) is 15.0 Å². The van der Waals surface area contributed by atoms with E-state index < -0.39 is 0 Å². The molecule has 0 spiro atoms. The third-order valence-electron chi connectivity index (χ3n) is 4.11. The van der Waals surface area contributed by atoms with Crippen molar-refractivity contribution in [1.82, 2.24) is 25.1 Å². The van der Waals surface area contributed by atoms with Crippen LogP contribution in [-0.2, 0) is 6.42 Å². The molecule has 0 aromatic carbocycles. The molecule has 3 heterocycles. The lowest BCUT2D eigenvalue weighted by Gasteiger charge is -2.10. The topological polar surface area (TPSA) is 79.4 Å². The summed E-state index contributed by atoms with van der Waals surface area (Å²) in [5.74, 6) is 0.862. The summed E-state index contributed by atoms with van der Waals surface area (Å²) >= 11 is 0. The van der Waals surface area contributed by atoms with Gasteiger partial charge in [0, 0.05) is 17.9 Å². The number of nitrogens with zero attached hydrogens (tertiary/aromatic N) is 4. The van der Waals surface area contributed by atoms with E-state index in [0.29, 0.717) is 0 Å². The van der Waals surface area contributed by atoms with Crippen LogP contribution in [0, 0.1) is 27.7 Å². The molecular weight excluding hydrogens is 288 g/mol. The Morgan fingerprint density at radius 2 is 1.96 bits per heavy atom. The van der Waals surface area contributed by atoms with Crippen LogP contribution < -0.4 is 5.32 Å². The van der Waals surface area contributed by atoms with Gasteiger partial charge in [0.1, 0.15) is 12.1 Å². The zero-order chi connectivity index (χ0) is 16.4. The molecule has 0 amide bonds. The molecule has 0 saturated heterocycles. The molecule has 0 unspecified atom stereocenters. The van der Waals surface area contributed by atoms with Crippen LogP contribution >= 0.6 is 0 Å². The lowest BCUT2D eigenvalue weighted by molar-refractivity contribution is 0.848. The minimum absolute atomic E-state index is 0.751. The highest BCUT2D eigenvalue weighted by atomic mass is 15.1. The Bertz CT molecular complexity index is 817. The van der Waals surface area contributed by atoms with Gasteiger partial charge in [-0.05, 0) is 57.7 Å². The van der Waals surface area contributed by atoms with E-state index in [9.17, 15) is 0 Å². The first kappa shape index (κ1) is 15.4. The predicted octanol–water partition coefficient (Wildman–Crippen LogP) is 3.03. The number of aryl methyl sites for hydroxylation is 4. The van der Waals surface area contributed by atoms with Crippen molar-refractivity contribution in [2.45, 2.75) is 40.5 Å². The fraction of sp³-hybridized carbons (Fsp3) is 0.412. The second-order valence-corrected chi connectivity index (χ2v) is 5.94. The van der Waals surface area contributed by atoms with Crippen molar-refractivity contribution in [3.8, 4) is 0 Å². The number of nitrogens with one attached hydrogen (secondary N) is 2. The van der Waals surface area contributed by atoms with Crippen molar-refractivity contribution in [1.29, 1.82) is 0 Å². The Morgan fingerprint density at radius 1 is 1.13 bits per heavy atom. The third-order valence-corrected chi connectivity index (χ3v) is 4.11. The molecule has 3 rings (SSSR count). The van der Waals surface area contributed by atoms with E-state index in [2.05, 4.69) is 50.4 Å². The number of hydrogen-bond acceptors (Lipinski definition) is 5. The van der Waals surface area contributed by atoms with Gasteiger partial charge in [0.05, 0.1) is 11.1 Å². The summed E-state index contributed by atoms with van der Waals surface area (Å²) in [6.07, 6.45) is 3.59. The lowest BCUT2D eigenvalue weighted by Crippen LogP contribution is -2.07. The summed E-state index contributed by atoms with van der Waals surface area (Å²) in [4.78, 5) is 13.2. The van der Waals surface area contributed by atoms with Crippen LogP contribution in [0.5, 0.6) is 0 Å². The van der Waals surface area contributed by atoms with Crippen molar-refractivity contribution in [2.24, 2.45) is 0 Å². The van der Waals surface area contributed by atoms with E-state index in [1.165, 1.54) is 5.56 Å². The highest BCUT2D eigenvalue weighted by Gasteiger charge is 2.09. The highest BCUT2D eigenvalue weighted by molar-refractivity contribution is 5.89. The molecule has 2 N–H and O–H groups in total. The van der Waals surface area contributed by atoms with Gasteiger partial charge in [0.2, 0.25) is 0 Å². The monoisotopic (exact) mass is 310 g/mol. The number of hydrogen-bond donors (Lipinski definition) is 2. The van der Waals surface area contributed by atoms with E-state index >= 15 is 0 Å². The highest BCUT2D eigenvalue weighted by Crippen LogP contribution is 2.22. The SMILES string of the molecule is Cc1cc(C)c2c(NCCCc3c(C)n[nH]c3C)ncnc2n1. The average Bonchev–Trinajstić information content (AvgIpc) is 2.82. The van der Waals surface area contributed by atoms with Crippen LogP contribution in [0.1, 0.15) is 34.6 Å². The number of anilines is 1. The van der Waals surface area contributed by atoms with Crippen LogP contribution in [0.25, 0.3) is 11.0 Å². The molecule has 0 atom stereocenters. The maximum absolute atomic E-state index is 4.49. The molecule has 6 nitrogen and oxygen atoms in total. The molecule has 0 aliphatic heterocycles. The minimum atomic E-state index is 0.751. The lowest BCUT2D eigenvalue weighted by atomic mass is 10.1. The van der Waals surface area contributed by atoms with Crippen LogP contribution in [0.2, 0.25) is 0 Å². The van der Waals surface area contributed by atoms with Gasteiger partial charge in [0.15, 0.2) is 5.65 Å². The predicted molar refractivity (Wildman–Crippen MR) is 91.7 cm³/mol. The van der Waals surface area contributed by atoms with E-state index in [1.54, 1.807) is 6.33 Å². The Balaban J connectivity index is 1.70. The van der Waals surface area contributed by atoms with Crippen molar-refractivity contribution in [3.05, 3.63) is 40.6 Å². The summed E-state index contributed by atoms with van der Waals surface area (Å²) in [5.41, 5.74) is 6.44. The fourth-order valence-corrected chi connectivity index (χ4v) is 2.96. The Morgan fingerprint density at radius 3 is 2.70 bits per heavy atom. The summed E-state index contributed by atoms with van der Waals surface area (Å²) < 4.78 is 0. The van der Waals surface area contributed by atoms with Crippen molar-refractivity contribution in [3.63, 3.8) is 0 Å². The number of H-pyrrole nitrogens is 1. The van der Waals surface area contributed by atoms with Gasteiger partial charge in [-0.1, -0.05) is 0 Å². The Labute approximate surface area is 135 Å². The zero-order valence-corrected chi connectivity index (χ0v) is 14.1. The molecule has 23 heavy (non-hydrogen) atoms. The zero-order valence-electron chi connectivity index (χ0n) is 14.1. The molecule has 0 aliphatic carbocycles. The smallest absolute Gasteiger partial charge is 0.165 e. The second-order valence-electron chi connectivity index (χ2n) is 5.94. The van der Waals surface area contributed by atoms with Crippen molar-refractivity contribution < 1.29 is 0 Å². The van der Waals surface area contributed by atoms with Crippen molar-refractivity contribution >= 4 is 16.9 Å². The van der Waals surface area contributed by atoms with E-state index in [-0.39, 0.29) is 0 Å². The maximum Gasteiger partial charge on any atom is 0.165 e. The molecule has 0 aliphatic rings. The van der Waals surface area contributed by atoms with Gasteiger partial charge in [-0.2, -0.15) is 5.10 Å². The van der Waals surface area contributed by atoms with Crippen LogP contribution in [0.15, 0.2) is 12.4 Å². The molecular formula is C17H22N6. The summed E-state index contributed by atoms with van der Waals surface area (Å²) in [6, 6.07) is 2.06. The number of pyridine rings is 1. The first-order chi connectivity index (χ1) is 11.1. The van der Waals surface area contributed by atoms with Gasteiger partial charge < -0.3 is 5.32 Å². The number of aromatic nitrogens is 5. The molecule has 0 fully saturated rings. The molecule has 0 bridgehead atoms. The summed E-state index contributed by atoms with van der Waals surface area (Å²) in [5, 5.41) is 11.7. The van der Waals surface area contributed by atoms with Crippen LogP contribution in [0.4, 0.5) is 5.82 Å². The normalized spacial score (nSPS) is 11.1. The molecule has 0 saturated carbocycles. The maximum atomic E-state index is 4.49. The molecule has 6 heteroatoms. The molecule has 120 valence electrons. The number of fused-ring (bicyclic) bond motifs is 1. The Hall–Kier alpha value is -2.50. The van der Waals surface area contributed by atoms with Crippen LogP contribution in [0.3, 0.4) is 0 Å². The minimum Gasteiger partial charge on any atom is -0.369 e. The number of aromatic amines is 1. The van der Waals surface area contributed by atoms with Gasteiger partial charge in [-0.3, -0.25) is 5.10 Å². The largest absolute Gasteiger partial charge is 0.369 e. The molecule has 0 radical (unpaired) electrons. The summed E-state index contributed by atoms with van der Waals surface area (Å²) in [6.45, 7) is 9.02. The van der Waals surface area contributed by atoms with E-state index in [1.807, 2.05) is 13.8 Å². The van der Waals surface area contributed by atoms with E-state index in [0.717, 1.165) is 58.9 Å². The third kappa shape index (κ3) is 3.16. The first-order valence-corrected chi connectivity index (χ1v) is 7.89. The number of rotatable bonds is 5. The van der Waals surface area contributed by atoms with Gasteiger partial charge >= 0.3 is 0 Å². The fourth-order valence-electron chi connectivity index (χ4n) is 2.96. The van der Waals surface area contributed by atoms with Gasteiger partial charge in [0.25, 0.3) is 0 Å². The standard InChI is InChI=1S/C17H22N6/c1-10-8-11(2)21-17-15(10)16(19-9-20-17)18-7-5-6-14-12(3)22-23-13(14)4/h8-9H,5-7H2,1-4H3,(H,22,23)(H,18,19,20,21). The van der Waals surface area contributed by atoms with Crippen molar-refractivity contribution in [2.75, 3.05) is 11.9 Å². The Kier molecular flexibility index (Phi) is 4.23. The second kappa shape index (κ2) is 6.32. The van der Waals surface area contributed by atoms with Gasteiger partial charge in [-0.15, -0.1) is 0 Å². The average molecular weight is 310 g/mol. The molecule has 3 aromatic heterocycles. The summed E-state index contributed by atoms with van der Waals surface area (Å²) in [7, 11) is 0.